The van der Waals surface area contributed by atoms with E-state index in [0.29, 0.717) is 16.9 Å². The number of hydrogen-bond donors (Lipinski definition) is 2. The third-order valence-corrected chi connectivity index (χ3v) is 6.82. The molecule has 0 spiro atoms. The van der Waals surface area contributed by atoms with Crippen LogP contribution in [0.1, 0.15) is 27.5 Å². The van der Waals surface area contributed by atoms with Crippen molar-refractivity contribution in [1.29, 1.82) is 0 Å². The Bertz CT molecular complexity index is 1620. The maximum Gasteiger partial charge on any atom is 0.270 e. The number of nitrogens with zero attached hydrogens (tertiary/aromatic N) is 3. The van der Waals surface area contributed by atoms with Gasteiger partial charge in [-0.25, -0.2) is 4.39 Å². The molecule has 1 unspecified atom stereocenters. The number of ether oxygens (including phenoxy) is 1. The number of carbonyl (C=O) groups excluding carboxylic acids is 2. The van der Waals surface area contributed by atoms with Crippen LogP contribution in [0.4, 0.5) is 10.1 Å². The first-order chi connectivity index (χ1) is 20.0. The van der Waals surface area contributed by atoms with Crippen molar-refractivity contribution in [2.75, 3.05) is 12.4 Å². The van der Waals surface area contributed by atoms with Crippen molar-refractivity contribution >= 4 is 17.5 Å². The zero-order chi connectivity index (χ0) is 28.8. The number of aryl methyl sites for hydroxylation is 1. The zero-order valence-electron chi connectivity index (χ0n) is 22.5. The lowest BCUT2D eigenvalue weighted by Gasteiger charge is -2.28. The average Bonchev–Trinajstić information content (AvgIpc) is 3.44. The standard InChI is InChI=1S/C32H28FN5O3/c1-38-27(16-18-35-38)31(39)37-30(29(21-9-5-3-6-10-21)22-11-7-4-8-12-22)32(40)36-26-14-13-23(19-25(26)33)24-15-17-34-20-28(24)41-2/h3-20,29-30H,1-2H3,(H,36,40)(H,37,39). The van der Waals surface area contributed by atoms with E-state index in [4.69, 9.17) is 4.74 Å². The molecule has 206 valence electrons. The first-order valence-corrected chi connectivity index (χ1v) is 12.9. The topological polar surface area (TPSA) is 98.1 Å². The SMILES string of the molecule is COc1cnccc1-c1ccc(NC(=O)C(NC(=O)c2ccnn2C)C(c2ccccc2)c2ccccc2)c(F)c1. The summed E-state index contributed by atoms with van der Waals surface area (Å²) < 4.78 is 22.2. The van der Waals surface area contributed by atoms with Crippen LogP contribution < -0.4 is 15.4 Å². The van der Waals surface area contributed by atoms with E-state index in [2.05, 4.69) is 20.7 Å². The monoisotopic (exact) mass is 549 g/mol. The highest BCUT2D eigenvalue weighted by Gasteiger charge is 2.33. The summed E-state index contributed by atoms with van der Waals surface area (Å²) in [5, 5.41) is 9.67. The van der Waals surface area contributed by atoms with Gasteiger partial charge in [-0.3, -0.25) is 19.3 Å². The van der Waals surface area contributed by atoms with Crippen molar-refractivity contribution in [1.82, 2.24) is 20.1 Å². The largest absolute Gasteiger partial charge is 0.494 e. The molecule has 2 N–H and O–H groups in total. The van der Waals surface area contributed by atoms with Gasteiger partial charge in [0, 0.05) is 30.9 Å². The fraction of sp³-hybridized carbons (Fsp3) is 0.125. The van der Waals surface area contributed by atoms with E-state index in [1.807, 2.05) is 60.7 Å². The molecule has 0 aliphatic heterocycles. The molecule has 2 amide bonds. The van der Waals surface area contributed by atoms with E-state index < -0.39 is 29.6 Å². The van der Waals surface area contributed by atoms with E-state index >= 15 is 4.39 Å². The summed E-state index contributed by atoms with van der Waals surface area (Å²) in [5.41, 5.74) is 3.10. The number of aromatic nitrogens is 3. The number of halogens is 1. The van der Waals surface area contributed by atoms with Gasteiger partial charge in [-0.15, -0.1) is 0 Å². The summed E-state index contributed by atoms with van der Waals surface area (Å²) in [6.07, 6.45) is 4.64. The quantitative estimate of drug-likeness (QED) is 0.263. The van der Waals surface area contributed by atoms with E-state index in [0.717, 1.165) is 11.1 Å². The number of pyridine rings is 1. The van der Waals surface area contributed by atoms with Crippen LogP contribution in [0.3, 0.4) is 0 Å². The van der Waals surface area contributed by atoms with Gasteiger partial charge in [0.15, 0.2) is 0 Å². The molecule has 0 aliphatic carbocycles. The van der Waals surface area contributed by atoms with E-state index in [1.54, 1.807) is 37.6 Å². The number of nitrogens with one attached hydrogen (secondary N) is 2. The maximum absolute atomic E-state index is 15.4. The van der Waals surface area contributed by atoms with E-state index in [1.165, 1.54) is 30.1 Å². The number of anilines is 1. The van der Waals surface area contributed by atoms with Crippen molar-refractivity contribution in [3.63, 3.8) is 0 Å². The summed E-state index contributed by atoms with van der Waals surface area (Å²) in [4.78, 5) is 31.3. The number of amides is 2. The second kappa shape index (κ2) is 12.3. The second-order valence-electron chi connectivity index (χ2n) is 9.35. The minimum absolute atomic E-state index is 0.0218. The van der Waals surface area contributed by atoms with Crippen LogP contribution in [0.25, 0.3) is 11.1 Å². The maximum atomic E-state index is 15.4. The molecule has 0 bridgehead atoms. The van der Waals surface area contributed by atoms with Crippen LogP contribution in [-0.4, -0.2) is 39.7 Å². The lowest BCUT2D eigenvalue weighted by atomic mass is 9.84. The number of methoxy groups -OCH3 is 1. The molecular weight excluding hydrogens is 521 g/mol. The predicted molar refractivity (Wildman–Crippen MR) is 154 cm³/mol. The van der Waals surface area contributed by atoms with Crippen LogP contribution in [0.2, 0.25) is 0 Å². The van der Waals surface area contributed by atoms with Crippen molar-refractivity contribution < 1.29 is 18.7 Å². The molecule has 5 rings (SSSR count). The zero-order valence-corrected chi connectivity index (χ0v) is 22.5. The summed E-state index contributed by atoms with van der Waals surface area (Å²) >= 11 is 0. The number of carbonyl (C=O) groups is 2. The molecule has 8 nitrogen and oxygen atoms in total. The molecule has 0 radical (unpaired) electrons. The van der Waals surface area contributed by atoms with Crippen molar-refractivity contribution in [2.24, 2.45) is 7.05 Å². The Labute approximate surface area is 236 Å². The van der Waals surface area contributed by atoms with Gasteiger partial charge in [-0.2, -0.15) is 5.10 Å². The molecule has 0 saturated carbocycles. The third-order valence-electron chi connectivity index (χ3n) is 6.82. The minimum atomic E-state index is -1.10. The molecule has 2 heterocycles. The van der Waals surface area contributed by atoms with Crippen molar-refractivity contribution in [3.8, 4) is 16.9 Å². The average molecular weight is 550 g/mol. The Morgan fingerprint density at radius 3 is 2.17 bits per heavy atom. The van der Waals surface area contributed by atoms with Gasteiger partial charge in [-0.1, -0.05) is 66.7 Å². The van der Waals surface area contributed by atoms with E-state index in [-0.39, 0.29) is 11.4 Å². The van der Waals surface area contributed by atoms with Crippen LogP contribution in [0, 0.1) is 5.82 Å². The molecule has 2 aromatic heterocycles. The van der Waals surface area contributed by atoms with Crippen molar-refractivity contribution in [2.45, 2.75) is 12.0 Å². The lowest BCUT2D eigenvalue weighted by molar-refractivity contribution is -0.118. The minimum Gasteiger partial charge on any atom is -0.494 e. The molecule has 3 aromatic carbocycles. The van der Waals surface area contributed by atoms with Gasteiger partial charge in [0.2, 0.25) is 5.91 Å². The van der Waals surface area contributed by atoms with Gasteiger partial charge >= 0.3 is 0 Å². The first-order valence-electron chi connectivity index (χ1n) is 12.9. The van der Waals surface area contributed by atoms with Crippen molar-refractivity contribution in [3.05, 3.63) is 132 Å². The summed E-state index contributed by atoms with van der Waals surface area (Å²) in [6, 6.07) is 25.5. The summed E-state index contributed by atoms with van der Waals surface area (Å²) in [6.45, 7) is 0. The molecule has 0 fully saturated rings. The smallest absolute Gasteiger partial charge is 0.270 e. The van der Waals surface area contributed by atoms with Gasteiger partial charge in [0.25, 0.3) is 5.91 Å². The molecular formula is C32H28FN5O3. The number of rotatable bonds is 9. The Morgan fingerprint density at radius 1 is 0.902 bits per heavy atom. The highest BCUT2D eigenvalue weighted by atomic mass is 19.1. The Balaban J connectivity index is 1.51. The molecule has 9 heteroatoms. The fourth-order valence-corrected chi connectivity index (χ4v) is 4.79. The van der Waals surface area contributed by atoms with Gasteiger partial charge in [0.05, 0.1) is 19.0 Å². The number of benzene rings is 3. The van der Waals surface area contributed by atoms with Gasteiger partial charge in [0.1, 0.15) is 23.3 Å². The van der Waals surface area contributed by atoms with Gasteiger partial charge < -0.3 is 15.4 Å². The normalized spacial score (nSPS) is 11.6. The van der Waals surface area contributed by atoms with Crippen LogP contribution >= 0.6 is 0 Å². The highest BCUT2D eigenvalue weighted by molar-refractivity contribution is 6.01. The number of hydrogen-bond acceptors (Lipinski definition) is 5. The molecule has 0 aliphatic rings. The van der Waals surface area contributed by atoms with Gasteiger partial charge in [-0.05, 0) is 41.0 Å². The van der Waals surface area contributed by atoms with Crippen LogP contribution in [0.15, 0.2) is 110 Å². The van der Waals surface area contributed by atoms with Crippen LogP contribution in [0.5, 0.6) is 5.75 Å². The Kier molecular flexibility index (Phi) is 8.15. The molecule has 5 aromatic rings. The Hall–Kier alpha value is -5.31. The summed E-state index contributed by atoms with van der Waals surface area (Å²) in [5.74, 6) is -1.77. The molecule has 0 saturated heterocycles. The first kappa shape index (κ1) is 27.3. The third kappa shape index (κ3) is 5.99. The molecule has 41 heavy (non-hydrogen) atoms. The van der Waals surface area contributed by atoms with Crippen LogP contribution in [-0.2, 0) is 11.8 Å². The second-order valence-corrected chi connectivity index (χ2v) is 9.35. The fourth-order valence-electron chi connectivity index (χ4n) is 4.79. The Morgan fingerprint density at radius 2 is 1.59 bits per heavy atom. The highest BCUT2D eigenvalue weighted by Crippen LogP contribution is 2.32. The van der Waals surface area contributed by atoms with E-state index in [9.17, 15) is 9.59 Å². The molecule has 1 atom stereocenters. The summed E-state index contributed by atoms with van der Waals surface area (Å²) in [7, 11) is 3.16. The predicted octanol–water partition coefficient (Wildman–Crippen LogP) is 5.20. The lowest BCUT2D eigenvalue weighted by Crippen LogP contribution is -2.48.